The van der Waals surface area contributed by atoms with Crippen LogP contribution in [0.5, 0.6) is 0 Å². The maximum atomic E-state index is 6.47. The summed E-state index contributed by atoms with van der Waals surface area (Å²) in [5, 5.41) is 1.13. The van der Waals surface area contributed by atoms with Crippen molar-refractivity contribution >= 4 is 10.9 Å². The van der Waals surface area contributed by atoms with Crippen LogP contribution >= 0.6 is 0 Å². The van der Waals surface area contributed by atoms with Gasteiger partial charge in [-0.25, -0.2) is 0 Å². The highest BCUT2D eigenvalue weighted by Crippen LogP contribution is 2.27. The average molecular weight is 262 g/mol. The third-order valence-corrected chi connectivity index (χ3v) is 3.91. The smallest absolute Gasteiger partial charge is 0.0705 e. The number of hydrogen-bond acceptors (Lipinski definition) is 2. The fourth-order valence-electron chi connectivity index (χ4n) is 2.53. The first-order valence-electron chi connectivity index (χ1n) is 6.83. The lowest BCUT2D eigenvalue weighted by Crippen LogP contribution is -2.12. The summed E-state index contributed by atoms with van der Waals surface area (Å²) in [4.78, 5) is 4.39. The maximum Gasteiger partial charge on any atom is 0.0705 e. The first-order valence-corrected chi connectivity index (χ1v) is 6.83. The van der Waals surface area contributed by atoms with Crippen molar-refractivity contribution in [2.24, 2.45) is 5.73 Å². The van der Waals surface area contributed by atoms with E-state index < -0.39 is 0 Å². The van der Waals surface area contributed by atoms with E-state index in [-0.39, 0.29) is 6.04 Å². The van der Waals surface area contributed by atoms with E-state index in [9.17, 15) is 0 Å². The first kappa shape index (κ1) is 12.8. The quantitative estimate of drug-likeness (QED) is 0.760. The summed E-state index contributed by atoms with van der Waals surface area (Å²) in [6.07, 6.45) is 1.83. The van der Waals surface area contributed by atoms with Crippen LogP contribution in [-0.4, -0.2) is 4.98 Å². The SMILES string of the molecule is Cc1ccc(C(N)c2ccnc3ccccc23)cc1C. The molecule has 1 atom stereocenters. The third kappa shape index (κ3) is 2.19. The van der Waals surface area contributed by atoms with Gasteiger partial charge in [0, 0.05) is 11.6 Å². The van der Waals surface area contributed by atoms with Crippen molar-refractivity contribution in [3.63, 3.8) is 0 Å². The Hall–Kier alpha value is -2.19. The molecule has 0 bridgehead atoms. The van der Waals surface area contributed by atoms with E-state index in [0.29, 0.717) is 0 Å². The van der Waals surface area contributed by atoms with Gasteiger partial charge in [-0.15, -0.1) is 0 Å². The summed E-state index contributed by atoms with van der Waals surface area (Å²) in [7, 11) is 0. The largest absolute Gasteiger partial charge is 0.320 e. The Morgan fingerprint density at radius 1 is 0.950 bits per heavy atom. The minimum absolute atomic E-state index is 0.123. The molecule has 2 nitrogen and oxygen atoms in total. The molecule has 0 saturated heterocycles. The highest BCUT2D eigenvalue weighted by Gasteiger charge is 2.12. The lowest BCUT2D eigenvalue weighted by Gasteiger charge is -2.16. The molecule has 1 heterocycles. The van der Waals surface area contributed by atoms with Gasteiger partial charge in [-0.05, 0) is 48.2 Å². The Labute approximate surface area is 119 Å². The number of nitrogens with zero attached hydrogens (tertiary/aromatic N) is 1. The molecule has 0 saturated carbocycles. The highest BCUT2D eigenvalue weighted by molar-refractivity contribution is 5.82. The molecular formula is C18H18N2. The molecule has 2 N–H and O–H groups in total. The van der Waals surface area contributed by atoms with Crippen LogP contribution in [0, 0.1) is 13.8 Å². The van der Waals surface area contributed by atoms with E-state index in [2.05, 4.69) is 43.1 Å². The van der Waals surface area contributed by atoms with E-state index in [4.69, 9.17) is 5.73 Å². The second kappa shape index (κ2) is 5.06. The van der Waals surface area contributed by atoms with Crippen LogP contribution in [0.25, 0.3) is 10.9 Å². The molecule has 1 unspecified atom stereocenters. The number of rotatable bonds is 2. The molecule has 3 rings (SSSR count). The van der Waals surface area contributed by atoms with Crippen LogP contribution in [0.2, 0.25) is 0 Å². The Kier molecular flexibility index (Phi) is 3.25. The van der Waals surface area contributed by atoms with Crippen molar-refractivity contribution in [3.8, 4) is 0 Å². The van der Waals surface area contributed by atoms with Crippen molar-refractivity contribution in [3.05, 3.63) is 77.0 Å². The minimum atomic E-state index is -0.123. The second-order valence-corrected chi connectivity index (χ2v) is 5.24. The molecule has 0 radical (unpaired) electrons. The molecule has 1 aromatic heterocycles. The lowest BCUT2D eigenvalue weighted by molar-refractivity contribution is 0.876. The molecule has 0 aliphatic rings. The number of para-hydroxylation sites is 1. The number of benzene rings is 2. The van der Waals surface area contributed by atoms with Crippen molar-refractivity contribution in [2.45, 2.75) is 19.9 Å². The van der Waals surface area contributed by atoms with Gasteiger partial charge in [-0.1, -0.05) is 36.4 Å². The Bertz CT molecular complexity index is 757. The predicted octanol–water partition coefficient (Wildman–Crippen LogP) is 3.90. The van der Waals surface area contributed by atoms with Gasteiger partial charge in [0.25, 0.3) is 0 Å². The molecule has 0 fully saturated rings. The summed E-state index contributed by atoms with van der Waals surface area (Å²) in [5.41, 5.74) is 12.3. The zero-order valence-corrected chi connectivity index (χ0v) is 11.8. The summed E-state index contributed by atoms with van der Waals surface area (Å²) >= 11 is 0. The van der Waals surface area contributed by atoms with Crippen molar-refractivity contribution in [1.82, 2.24) is 4.98 Å². The van der Waals surface area contributed by atoms with Gasteiger partial charge in [0.15, 0.2) is 0 Å². The van der Waals surface area contributed by atoms with Crippen molar-refractivity contribution in [1.29, 1.82) is 0 Å². The van der Waals surface area contributed by atoms with E-state index >= 15 is 0 Å². The average Bonchev–Trinajstić information content (AvgIpc) is 2.49. The zero-order valence-electron chi connectivity index (χ0n) is 11.8. The van der Waals surface area contributed by atoms with Crippen LogP contribution in [0.1, 0.15) is 28.3 Å². The summed E-state index contributed by atoms with van der Waals surface area (Å²) in [5.74, 6) is 0. The van der Waals surface area contributed by atoms with E-state index in [1.807, 2.05) is 30.5 Å². The Morgan fingerprint density at radius 3 is 2.55 bits per heavy atom. The summed E-state index contributed by atoms with van der Waals surface area (Å²) in [6.45, 7) is 4.24. The molecule has 3 aromatic rings. The van der Waals surface area contributed by atoms with Crippen molar-refractivity contribution < 1.29 is 0 Å². The predicted molar refractivity (Wildman–Crippen MR) is 83.7 cm³/mol. The number of aryl methyl sites for hydroxylation is 2. The Morgan fingerprint density at radius 2 is 1.75 bits per heavy atom. The van der Waals surface area contributed by atoms with Crippen molar-refractivity contribution in [2.75, 3.05) is 0 Å². The van der Waals surface area contributed by atoms with Gasteiger partial charge >= 0.3 is 0 Å². The fourth-order valence-corrected chi connectivity index (χ4v) is 2.53. The highest BCUT2D eigenvalue weighted by atomic mass is 14.7. The number of pyridine rings is 1. The molecule has 0 aliphatic carbocycles. The fraction of sp³-hybridized carbons (Fsp3) is 0.167. The molecule has 0 amide bonds. The normalized spacial score (nSPS) is 12.6. The van der Waals surface area contributed by atoms with Gasteiger partial charge in [-0.2, -0.15) is 0 Å². The zero-order chi connectivity index (χ0) is 14.1. The van der Waals surface area contributed by atoms with Gasteiger partial charge in [0.1, 0.15) is 0 Å². The van der Waals surface area contributed by atoms with Gasteiger partial charge in [0.2, 0.25) is 0 Å². The van der Waals surface area contributed by atoms with E-state index in [1.54, 1.807) is 0 Å². The standard InChI is InChI=1S/C18H18N2/c1-12-7-8-14(11-13(12)2)18(19)16-9-10-20-17-6-4-3-5-15(16)17/h3-11,18H,19H2,1-2H3. The van der Waals surface area contributed by atoms with Gasteiger partial charge < -0.3 is 5.73 Å². The van der Waals surface area contributed by atoms with E-state index in [1.165, 1.54) is 11.1 Å². The van der Waals surface area contributed by atoms with Crippen LogP contribution in [0.15, 0.2) is 54.7 Å². The number of aromatic nitrogens is 1. The monoisotopic (exact) mass is 262 g/mol. The first-order chi connectivity index (χ1) is 9.66. The topological polar surface area (TPSA) is 38.9 Å². The molecule has 0 aliphatic heterocycles. The van der Waals surface area contributed by atoms with Crippen LogP contribution in [-0.2, 0) is 0 Å². The number of nitrogens with two attached hydrogens (primary N) is 1. The van der Waals surface area contributed by atoms with Crippen LogP contribution in [0.3, 0.4) is 0 Å². The van der Waals surface area contributed by atoms with Gasteiger partial charge in [0.05, 0.1) is 11.6 Å². The summed E-state index contributed by atoms with van der Waals surface area (Å²) < 4.78 is 0. The minimum Gasteiger partial charge on any atom is -0.320 e. The molecule has 20 heavy (non-hydrogen) atoms. The maximum absolute atomic E-state index is 6.47. The number of hydrogen-bond donors (Lipinski definition) is 1. The summed E-state index contributed by atoms with van der Waals surface area (Å²) in [6, 6.07) is 16.4. The molecule has 2 heteroatoms. The molecular weight excluding hydrogens is 244 g/mol. The van der Waals surface area contributed by atoms with Crippen LogP contribution in [0.4, 0.5) is 0 Å². The van der Waals surface area contributed by atoms with E-state index in [0.717, 1.165) is 22.0 Å². The Balaban J connectivity index is 2.12. The third-order valence-electron chi connectivity index (χ3n) is 3.91. The van der Waals surface area contributed by atoms with Crippen LogP contribution < -0.4 is 5.73 Å². The second-order valence-electron chi connectivity index (χ2n) is 5.24. The molecule has 0 spiro atoms. The molecule has 2 aromatic carbocycles. The van der Waals surface area contributed by atoms with Gasteiger partial charge in [-0.3, -0.25) is 4.98 Å². The molecule has 100 valence electrons. The lowest BCUT2D eigenvalue weighted by atomic mass is 9.94. The number of fused-ring (bicyclic) bond motifs is 1.